The van der Waals surface area contributed by atoms with Crippen LogP contribution in [0.5, 0.6) is 0 Å². The summed E-state index contributed by atoms with van der Waals surface area (Å²) in [6.07, 6.45) is 4.75. The molecule has 0 aromatic rings. The Hall–Kier alpha value is -0.340. The van der Waals surface area contributed by atoms with Gasteiger partial charge in [0.15, 0.2) is 0 Å². The van der Waals surface area contributed by atoms with Crippen LogP contribution in [0.15, 0.2) is 12.2 Å². The van der Waals surface area contributed by atoms with Crippen molar-refractivity contribution >= 4 is 0 Å². The molecule has 1 aliphatic rings. The standard InChI is InChI=1S/C11H21NO/c1-9(2)8-13-12-11-6-4-5-10(3)7-11/h9,11-12H,3-8H2,1-2H3. The molecule has 0 aromatic heterocycles. The molecule has 2 nitrogen and oxygen atoms in total. The summed E-state index contributed by atoms with van der Waals surface area (Å²) in [5.74, 6) is 0.597. The molecule has 1 fully saturated rings. The maximum atomic E-state index is 5.39. The zero-order valence-electron chi connectivity index (χ0n) is 8.81. The number of rotatable bonds is 4. The Labute approximate surface area is 81.3 Å². The fourth-order valence-corrected chi connectivity index (χ4v) is 1.58. The van der Waals surface area contributed by atoms with Crippen molar-refractivity contribution in [3.8, 4) is 0 Å². The van der Waals surface area contributed by atoms with Gasteiger partial charge in [0, 0.05) is 6.04 Å². The molecule has 0 aromatic carbocycles. The summed E-state index contributed by atoms with van der Waals surface area (Å²) in [7, 11) is 0. The number of nitrogens with one attached hydrogen (secondary N) is 1. The van der Waals surface area contributed by atoms with E-state index in [1.165, 1.54) is 24.8 Å². The molecule has 1 aliphatic carbocycles. The molecular weight excluding hydrogens is 162 g/mol. The average Bonchev–Trinajstić information content (AvgIpc) is 2.03. The molecule has 2 heteroatoms. The van der Waals surface area contributed by atoms with Gasteiger partial charge < -0.3 is 4.84 Å². The second-order valence-corrected chi connectivity index (χ2v) is 4.37. The highest BCUT2D eigenvalue weighted by Crippen LogP contribution is 2.21. The molecule has 1 rings (SSSR count). The van der Waals surface area contributed by atoms with Crippen molar-refractivity contribution in [3.63, 3.8) is 0 Å². The quantitative estimate of drug-likeness (QED) is 0.534. The molecule has 76 valence electrons. The van der Waals surface area contributed by atoms with E-state index in [0.717, 1.165) is 13.0 Å². The van der Waals surface area contributed by atoms with Crippen LogP contribution in [-0.2, 0) is 4.84 Å². The number of hydrogen-bond acceptors (Lipinski definition) is 2. The lowest BCUT2D eigenvalue weighted by atomic mass is 9.92. The van der Waals surface area contributed by atoms with Crippen LogP contribution in [-0.4, -0.2) is 12.6 Å². The Morgan fingerprint density at radius 3 is 3.00 bits per heavy atom. The lowest BCUT2D eigenvalue weighted by Crippen LogP contribution is -2.32. The summed E-state index contributed by atoms with van der Waals surface area (Å²) in [4.78, 5) is 5.39. The summed E-state index contributed by atoms with van der Waals surface area (Å²) in [6.45, 7) is 9.12. The van der Waals surface area contributed by atoms with Crippen molar-refractivity contribution in [2.75, 3.05) is 6.61 Å². The van der Waals surface area contributed by atoms with Crippen LogP contribution in [0.2, 0.25) is 0 Å². The van der Waals surface area contributed by atoms with E-state index in [1.54, 1.807) is 0 Å². The van der Waals surface area contributed by atoms with E-state index in [4.69, 9.17) is 4.84 Å². The zero-order valence-corrected chi connectivity index (χ0v) is 8.81. The van der Waals surface area contributed by atoms with Gasteiger partial charge in [0.2, 0.25) is 0 Å². The first kappa shape index (κ1) is 10.7. The van der Waals surface area contributed by atoms with Gasteiger partial charge in [-0.1, -0.05) is 26.0 Å². The summed E-state index contributed by atoms with van der Waals surface area (Å²) >= 11 is 0. The van der Waals surface area contributed by atoms with E-state index >= 15 is 0 Å². The van der Waals surface area contributed by atoms with E-state index in [0.29, 0.717) is 12.0 Å². The third kappa shape index (κ3) is 4.44. The van der Waals surface area contributed by atoms with Crippen LogP contribution >= 0.6 is 0 Å². The van der Waals surface area contributed by atoms with E-state index in [9.17, 15) is 0 Å². The van der Waals surface area contributed by atoms with Crippen molar-refractivity contribution in [1.82, 2.24) is 5.48 Å². The average molecular weight is 183 g/mol. The molecule has 0 radical (unpaired) electrons. The molecule has 1 unspecified atom stereocenters. The molecule has 13 heavy (non-hydrogen) atoms. The van der Waals surface area contributed by atoms with Crippen LogP contribution in [0, 0.1) is 5.92 Å². The van der Waals surface area contributed by atoms with Gasteiger partial charge in [-0.2, -0.15) is 5.48 Å². The monoisotopic (exact) mass is 183 g/mol. The van der Waals surface area contributed by atoms with Crippen molar-refractivity contribution in [2.45, 2.75) is 45.6 Å². The van der Waals surface area contributed by atoms with E-state index in [2.05, 4.69) is 25.9 Å². The van der Waals surface area contributed by atoms with Gasteiger partial charge >= 0.3 is 0 Å². The first-order valence-electron chi connectivity index (χ1n) is 5.22. The maximum absolute atomic E-state index is 5.39. The van der Waals surface area contributed by atoms with Gasteiger partial charge in [-0.15, -0.1) is 0 Å². The summed E-state index contributed by atoms with van der Waals surface area (Å²) in [6, 6.07) is 0.500. The molecule has 0 aliphatic heterocycles. The molecule has 0 spiro atoms. The fraction of sp³-hybridized carbons (Fsp3) is 0.818. The Bertz CT molecular complexity index is 165. The zero-order chi connectivity index (χ0) is 9.68. The predicted octanol–water partition coefficient (Wildman–Crippen LogP) is 2.66. The lowest BCUT2D eigenvalue weighted by molar-refractivity contribution is -0.00327. The molecule has 0 saturated heterocycles. The normalized spacial score (nSPS) is 23.9. The minimum Gasteiger partial charge on any atom is -0.301 e. The summed E-state index contributed by atoms with van der Waals surface area (Å²) in [5.41, 5.74) is 4.48. The first-order chi connectivity index (χ1) is 6.18. The molecular formula is C11H21NO. The van der Waals surface area contributed by atoms with Crippen molar-refractivity contribution in [1.29, 1.82) is 0 Å². The van der Waals surface area contributed by atoms with Gasteiger partial charge in [-0.25, -0.2) is 0 Å². The SMILES string of the molecule is C=C1CCCC(NOCC(C)C)C1. The summed E-state index contributed by atoms with van der Waals surface area (Å²) < 4.78 is 0. The predicted molar refractivity (Wildman–Crippen MR) is 55.3 cm³/mol. The van der Waals surface area contributed by atoms with E-state index in [1.807, 2.05) is 0 Å². The topological polar surface area (TPSA) is 21.3 Å². The van der Waals surface area contributed by atoms with Gasteiger partial charge in [-0.3, -0.25) is 0 Å². The molecule has 1 atom stereocenters. The van der Waals surface area contributed by atoms with Crippen LogP contribution in [0.3, 0.4) is 0 Å². The van der Waals surface area contributed by atoms with Gasteiger partial charge in [0.05, 0.1) is 6.61 Å². The Morgan fingerprint density at radius 1 is 1.62 bits per heavy atom. The molecule has 1 N–H and O–H groups in total. The summed E-state index contributed by atoms with van der Waals surface area (Å²) in [5, 5.41) is 0. The highest BCUT2D eigenvalue weighted by atomic mass is 16.6. The minimum absolute atomic E-state index is 0.500. The largest absolute Gasteiger partial charge is 0.301 e. The van der Waals surface area contributed by atoms with E-state index in [-0.39, 0.29) is 0 Å². The van der Waals surface area contributed by atoms with Gasteiger partial charge in [0.1, 0.15) is 0 Å². The van der Waals surface area contributed by atoms with Crippen molar-refractivity contribution < 1.29 is 4.84 Å². The Balaban J connectivity index is 2.10. The van der Waals surface area contributed by atoms with Gasteiger partial charge in [0.25, 0.3) is 0 Å². The van der Waals surface area contributed by atoms with Crippen molar-refractivity contribution in [2.24, 2.45) is 5.92 Å². The van der Waals surface area contributed by atoms with Crippen LogP contribution < -0.4 is 5.48 Å². The minimum atomic E-state index is 0.500. The molecule has 0 amide bonds. The fourth-order valence-electron chi connectivity index (χ4n) is 1.58. The molecule has 0 heterocycles. The third-order valence-corrected chi connectivity index (χ3v) is 2.28. The number of hydrogen-bond donors (Lipinski definition) is 1. The number of hydroxylamine groups is 1. The van der Waals surface area contributed by atoms with E-state index < -0.39 is 0 Å². The highest BCUT2D eigenvalue weighted by molar-refractivity contribution is 5.00. The first-order valence-corrected chi connectivity index (χ1v) is 5.22. The smallest absolute Gasteiger partial charge is 0.0705 e. The maximum Gasteiger partial charge on any atom is 0.0705 e. The third-order valence-electron chi connectivity index (χ3n) is 2.28. The van der Waals surface area contributed by atoms with Crippen LogP contribution in [0.1, 0.15) is 39.5 Å². The molecule has 0 bridgehead atoms. The Morgan fingerprint density at radius 2 is 2.38 bits per heavy atom. The highest BCUT2D eigenvalue weighted by Gasteiger charge is 2.15. The second-order valence-electron chi connectivity index (χ2n) is 4.37. The van der Waals surface area contributed by atoms with Crippen LogP contribution in [0.25, 0.3) is 0 Å². The van der Waals surface area contributed by atoms with Crippen molar-refractivity contribution in [3.05, 3.63) is 12.2 Å². The Kier molecular flexibility index (Phi) is 4.46. The lowest BCUT2D eigenvalue weighted by Gasteiger charge is -2.24. The second kappa shape index (κ2) is 5.40. The molecule has 1 saturated carbocycles. The van der Waals surface area contributed by atoms with Crippen LogP contribution in [0.4, 0.5) is 0 Å². The van der Waals surface area contributed by atoms with Gasteiger partial charge in [-0.05, 0) is 31.6 Å².